The second-order valence-corrected chi connectivity index (χ2v) is 4.06. The van der Waals surface area contributed by atoms with Gasteiger partial charge in [-0.3, -0.25) is 0 Å². The van der Waals surface area contributed by atoms with E-state index < -0.39 is 0 Å². The maximum absolute atomic E-state index is 8.95. The van der Waals surface area contributed by atoms with Crippen LogP contribution in [0.3, 0.4) is 0 Å². The Morgan fingerprint density at radius 2 is 2.13 bits per heavy atom. The van der Waals surface area contributed by atoms with E-state index in [-0.39, 0.29) is 6.10 Å². The summed E-state index contributed by atoms with van der Waals surface area (Å²) < 4.78 is 5.78. The normalized spacial score (nSPS) is 22.3. The van der Waals surface area contributed by atoms with Crippen molar-refractivity contribution in [1.82, 2.24) is 0 Å². The second kappa shape index (κ2) is 3.57. The Hall–Kier alpha value is -1.51. The molecule has 1 aromatic carbocycles. The number of aryl methyl sites for hydroxylation is 1. The highest BCUT2D eigenvalue weighted by Crippen LogP contribution is 2.32. The summed E-state index contributed by atoms with van der Waals surface area (Å²) in [6.45, 7) is 6.06. The number of nitrogens with zero attached hydrogens (tertiary/aromatic N) is 1. The zero-order chi connectivity index (χ0) is 11.0. The van der Waals surface area contributed by atoms with Crippen molar-refractivity contribution in [3.63, 3.8) is 0 Å². The van der Waals surface area contributed by atoms with Crippen molar-refractivity contribution in [3.8, 4) is 5.75 Å². The molecule has 0 fully saturated rings. The Labute approximate surface area is 89.4 Å². The molecule has 1 atom stereocenters. The fraction of sp³-hybridized carbons (Fsp3) is 0.417. The second-order valence-electron chi connectivity index (χ2n) is 4.06. The van der Waals surface area contributed by atoms with Crippen molar-refractivity contribution in [3.05, 3.63) is 28.8 Å². The largest absolute Gasteiger partial charge is 0.489 e. The van der Waals surface area contributed by atoms with Crippen LogP contribution in [0.15, 0.2) is 17.3 Å². The number of ether oxygens (including phenoxy) is 1. The van der Waals surface area contributed by atoms with Crippen molar-refractivity contribution in [1.29, 1.82) is 0 Å². The van der Waals surface area contributed by atoms with Crippen LogP contribution in [0.25, 0.3) is 0 Å². The molecule has 15 heavy (non-hydrogen) atoms. The summed E-state index contributed by atoms with van der Waals surface area (Å²) in [5.41, 5.74) is 3.95. The van der Waals surface area contributed by atoms with E-state index in [2.05, 4.69) is 5.16 Å². The molecule has 1 N–H and O–H groups in total. The molecule has 0 radical (unpaired) electrons. The van der Waals surface area contributed by atoms with Gasteiger partial charge >= 0.3 is 0 Å². The molecule has 1 aliphatic heterocycles. The van der Waals surface area contributed by atoms with Gasteiger partial charge in [0.05, 0.1) is 5.71 Å². The fourth-order valence-corrected chi connectivity index (χ4v) is 1.89. The van der Waals surface area contributed by atoms with Crippen LogP contribution >= 0.6 is 0 Å². The molecule has 0 aliphatic carbocycles. The molecule has 1 unspecified atom stereocenters. The van der Waals surface area contributed by atoms with Gasteiger partial charge in [-0.15, -0.1) is 0 Å². The molecule has 1 aliphatic rings. The molecular weight excluding hydrogens is 190 g/mol. The van der Waals surface area contributed by atoms with Gasteiger partial charge in [-0.2, -0.15) is 0 Å². The molecule has 0 aromatic heterocycles. The van der Waals surface area contributed by atoms with Crippen LogP contribution in [0.1, 0.15) is 30.0 Å². The summed E-state index contributed by atoms with van der Waals surface area (Å²) in [5.74, 6) is 0.863. The summed E-state index contributed by atoms with van der Waals surface area (Å²) in [6.07, 6.45) is 0.732. The van der Waals surface area contributed by atoms with Crippen LogP contribution < -0.4 is 4.74 Å². The lowest BCUT2D eigenvalue weighted by molar-refractivity contribution is 0.216. The molecular formula is C12H15NO2. The zero-order valence-corrected chi connectivity index (χ0v) is 9.24. The highest BCUT2D eigenvalue weighted by molar-refractivity contribution is 6.04. The van der Waals surface area contributed by atoms with E-state index in [9.17, 15) is 0 Å². The predicted octanol–water partition coefficient (Wildman–Crippen LogP) is 2.65. The molecule has 0 amide bonds. The third-order valence-electron chi connectivity index (χ3n) is 2.91. The van der Waals surface area contributed by atoms with Gasteiger partial charge in [0, 0.05) is 12.0 Å². The minimum absolute atomic E-state index is 0.0731. The number of rotatable bonds is 0. The van der Waals surface area contributed by atoms with Gasteiger partial charge < -0.3 is 9.94 Å². The first-order valence-corrected chi connectivity index (χ1v) is 5.11. The summed E-state index contributed by atoms with van der Waals surface area (Å²) in [6, 6.07) is 3.98. The van der Waals surface area contributed by atoms with E-state index in [0.717, 1.165) is 16.9 Å². The topological polar surface area (TPSA) is 41.8 Å². The first-order valence-electron chi connectivity index (χ1n) is 5.11. The quantitative estimate of drug-likeness (QED) is 0.522. The lowest BCUT2D eigenvalue weighted by Gasteiger charge is -2.26. The zero-order valence-electron chi connectivity index (χ0n) is 9.24. The van der Waals surface area contributed by atoms with Gasteiger partial charge in [0.2, 0.25) is 0 Å². The van der Waals surface area contributed by atoms with Gasteiger partial charge in [-0.05, 0) is 38.0 Å². The first kappa shape index (κ1) is 10.0. The van der Waals surface area contributed by atoms with Crippen molar-refractivity contribution < 1.29 is 9.94 Å². The first-order chi connectivity index (χ1) is 7.13. The molecule has 0 saturated carbocycles. The Morgan fingerprint density at radius 3 is 2.80 bits per heavy atom. The Balaban J connectivity index is 2.61. The minimum atomic E-state index is 0.0731. The third kappa shape index (κ3) is 1.58. The standard InChI is InChI=1S/C12H15NO2/c1-7-4-5-10-11(13-14)6-8(2)15-12(10)9(7)3/h4-5,8,14H,6H2,1-3H3/b13-11-. The van der Waals surface area contributed by atoms with Crippen LogP contribution in [0.5, 0.6) is 5.75 Å². The van der Waals surface area contributed by atoms with Crippen LogP contribution in [-0.4, -0.2) is 17.0 Å². The Morgan fingerprint density at radius 1 is 1.40 bits per heavy atom. The van der Waals surface area contributed by atoms with Crippen LogP contribution in [0.4, 0.5) is 0 Å². The Kier molecular flexibility index (Phi) is 2.39. The van der Waals surface area contributed by atoms with E-state index in [0.29, 0.717) is 12.1 Å². The summed E-state index contributed by atoms with van der Waals surface area (Å²) in [4.78, 5) is 0. The SMILES string of the molecule is Cc1ccc2c(c1C)OC(C)C/C2=N/O. The molecule has 0 bridgehead atoms. The van der Waals surface area contributed by atoms with Crippen LogP contribution in [0, 0.1) is 13.8 Å². The van der Waals surface area contributed by atoms with Gasteiger partial charge in [-0.25, -0.2) is 0 Å². The maximum atomic E-state index is 8.95. The lowest BCUT2D eigenvalue weighted by atomic mass is 9.96. The van der Waals surface area contributed by atoms with Gasteiger partial charge in [0.1, 0.15) is 11.9 Å². The molecule has 2 rings (SSSR count). The molecule has 3 nitrogen and oxygen atoms in total. The summed E-state index contributed by atoms with van der Waals surface area (Å²) >= 11 is 0. The number of fused-ring (bicyclic) bond motifs is 1. The summed E-state index contributed by atoms with van der Waals surface area (Å²) in [5, 5.41) is 12.3. The lowest BCUT2D eigenvalue weighted by Crippen LogP contribution is -2.25. The molecule has 0 spiro atoms. The third-order valence-corrected chi connectivity index (χ3v) is 2.91. The Bertz CT molecular complexity index is 424. The maximum Gasteiger partial charge on any atom is 0.132 e. The molecule has 1 heterocycles. The van der Waals surface area contributed by atoms with Crippen LogP contribution in [-0.2, 0) is 0 Å². The van der Waals surface area contributed by atoms with E-state index in [1.165, 1.54) is 5.56 Å². The van der Waals surface area contributed by atoms with Gasteiger partial charge in [-0.1, -0.05) is 11.2 Å². The van der Waals surface area contributed by atoms with Crippen molar-refractivity contribution in [2.75, 3.05) is 0 Å². The highest BCUT2D eigenvalue weighted by atomic mass is 16.5. The predicted molar refractivity (Wildman–Crippen MR) is 58.9 cm³/mol. The molecule has 80 valence electrons. The van der Waals surface area contributed by atoms with E-state index in [4.69, 9.17) is 9.94 Å². The molecule has 3 heteroatoms. The molecule has 1 aromatic rings. The fourth-order valence-electron chi connectivity index (χ4n) is 1.89. The molecule has 0 saturated heterocycles. The van der Waals surface area contributed by atoms with Gasteiger partial charge in [0.25, 0.3) is 0 Å². The number of benzene rings is 1. The number of oxime groups is 1. The average Bonchev–Trinajstić information content (AvgIpc) is 2.23. The van der Waals surface area contributed by atoms with Crippen molar-refractivity contribution in [2.24, 2.45) is 5.16 Å². The average molecular weight is 205 g/mol. The minimum Gasteiger partial charge on any atom is -0.489 e. The smallest absolute Gasteiger partial charge is 0.132 e. The monoisotopic (exact) mass is 205 g/mol. The van der Waals surface area contributed by atoms with Gasteiger partial charge in [0.15, 0.2) is 0 Å². The number of hydrogen-bond acceptors (Lipinski definition) is 3. The summed E-state index contributed by atoms with van der Waals surface area (Å²) in [7, 11) is 0. The van der Waals surface area contributed by atoms with Crippen molar-refractivity contribution >= 4 is 5.71 Å². The van der Waals surface area contributed by atoms with E-state index in [1.807, 2.05) is 32.9 Å². The number of hydrogen-bond donors (Lipinski definition) is 1. The van der Waals surface area contributed by atoms with E-state index >= 15 is 0 Å². The van der Waals surface area contributed by atoms with E-state index in [1.54, 1.807) is 0 Å². The van der Waals surface area contributed by atoms with Crippen molar-refractivity contribution in [2.45, 2.75) is 33.3 Å². The van der Waals surface area contributed by atoms with Crippen LogP contribution in [0.2, 0.25) is 0 Å². The highest BCUT2D eigenvalue weighted by Gasteiger charge is 2.24.